The van der Waals surface area contributed by atoms with Crippen LogP contribution in [0.3, 0.4) is 0 Å². The Morgan fingerprint density at radius 2 is 2.23 bits per heavy atom. The van der Waals surface area contributed by atoms with E-state index in [1.165, 1.54) is 0 Å². The fourth-order valence-electron chi connectivity index (χ4n) is 1.00. The molecule has 1 aromatic rings. The third-order valence-corrected chi connectivity index (χ3v) is 1.73. The maximum absolute atomic E-state index is 9.43. The zero-order valence-electron chi connectivity index (χ0n) is 8.11. The molecule has 0 aliphatic carbocycles. The van der Waals surface area contributed by atoms with Crippen LogP contribution >= 0.6 is 0 Å². The molecule has 1 aromatic heterocycles. The summed E-state index contributed by atoms with van der Waals surface area (Å²) in [4.78, 5) is 5.86. The monoisotopic (exact) mass is 185 g/mol. The van der Waals surface area contributed by atoms with E-state index in [9.17, 15) is 5.11 Å². The second-order valence-corrected chi connectivity index (χ2v) is 3.09. The average molecular weight is 185 g/mol. The van der Waals surface area contributed by atoms with E-state index in [1.807, 2.05) is 14.1 Å². The van der Waals surface area contributed by atoms with Gasteiger partial charge in [0.15, 0.2) is 5.76 Å². The van der Waals surface area contributed by atoms with Gasteiger partial charge in [-0.25, -0.2) is 0 Å². The van der Waals surface area contributed by atoms with Crippen molar-refractivity contribution >= 4 is 6.01 Å². The van der Waals surface area contributed by atoms with Crippen molar-refractivity contribution in [2.24, 2.45) is 5.73 Å². The first kappa shape index (κ1) is 10.0. The summed E-state index contributed by atoms with van der Waals surface area (Å²) in [6.07, 6.45) is -0.763. The Bertz CT molecular complexity index is 283. The van der Waals surface area contributed by atoms with Gasteiger partial charge in [-0.3, -0.25) is 0 Å². The highest BCUT2D eigenvalue weighted by molar-refractivity contribution is 5.27. The average Bonchev–Trinajstić information content (AvgIpc) is 2.46. The quantitative estimate of drug-likeness (QED) is 0.695. The van der Waals surface area contributed by atoms with Crippen LogP contribution in [-0.2, 0) is 0 Å². The van der Waals surface area contributed by atoms with Gasteiger partial charge in [-0.15, -0.1) is 0 Å². The number of hydrogen-bond donors (Lipinski definition) is 2. The number of aliphatic hydroxyl groups excluding tert-OH is 1. The van der Waals surface area contributed by atoms with E-state index < -0.39 is 6.10 Å². The number of aromatic nitrogens is 1. The summed E-state index contributed by atoms with van der Waals surface area (Å²) in [5.74, 6) is 0.450. The lowest BCUT2D eigenvalue weighted by molar-refractivity contribution is 0.158. The van der Waals surface area contributed by atoms with Crippen molar-refractivity contribution in [3.8, 4) is 0 Å². The number of aliphatic hydroxyl groups is 1. The standard InChI is InChI=1S/C8H15N3O2/c1-5-7(6(12)4-9)13-8(10-5)11(2)3/h6,12H,4,9H2,1-3H3. The van der Waals surface area contributed by atoms with Gasteiger partial charge in [0.25, 0.3) is 6.01 Å². The Kier molecular flexibility index (Phi) is 2.90. The number of hydrogen-bond acceptors (Lipinski definition) is 5. The van der Waals surface area contributed by atoms with Crippen LogP contribution in [0.25, 0.3) is 0 Å². The first-order valence-electron chi connectivity index (χ1n) is 4.09. The topological polar surface area (TPSA) is 75.5 Å². The molecule has 3 N–H and O–H groups in total. The highest BCUT2D eigenvalue weighted by Crippen LogP contribution is 2.21. The SMILES string of the molecule is Cc1nc(N(C)C)oc1C(O)CN. The van der Waals surface area contributed by atoms with E-state index in [0.717, 1.165) is 0 Å². The van der Waals surface area contributed by atoms with Gasteiger partial charge in [0.2, 0.25) is 0 Å². The Balaban J connectivity index is 2.96. The van der Waals surface area contributed by atoms with E-state index in [2.05, 4.69) is 4.98 Å². The molecule has 1 unspecified atom stereocenters. The molecule has 0 spiro atoms. The van der Waals surface area contributed by atoms with Gasteiger partial charge in [-0.05, 0) is 6.92 Å². The summed E-state index contributed by atoms with van der Waals surface area (Å²) < 4.78 is 5.31. The summed E-state index contributed by atoms with van der Waals surface area (Å²) in [6, 6.07) is 0.486. The lowest BCUT2D eigenvalue weighted by atomic mass is 10.2. The molecule has 0 aliphatic heterocycles. The number of anilines is 1. The van der Waals surface area contributed by atoms with Crippen LogP contribution in [-0.4, -0.2) is 30.7 Å². The predicted octanol–water partition coefficient (Wildman–Crippen LogP) is 0.0411. The second kappa shape index (κ2) is 3.76. The number of aryl methyl sites for hydroxylation is 1. The van der Waals surface area contributed by atoms with Crippen LogP contribution in [0.4, 0.5) is 6.01 Å². The van der Waals surface area contributed by atoms with Crippen molar-refractivity contribution in [1.29, 1.82) is 0 Å². The lowest BCUT2D eigenvalue weighted by Crippen LogP contribution is -2.11. The molecule has 5 heteroatoms. The highest BCUT2D eigenvalue weighted by atomic mass is 16.4. The normalized spacial score (nSPS) is 13.0. The van der Waals surface area contributed by atoms with Crippen LogP contribution in [0.5, 0.6) is 0 Å². The minimum atomic E-state index is -0.763. The van der Waals surface area contributed by atoms with Crippen molar-refractivity contribution in [3.05, 3.63) is 11.5 Å². The molecule has 13 heavy (non-hydrogen) atoms. The summed E-state index contributed by atoms with van der Waals surface area (Å²) in [5.41, 5.74) is 5.99. The third kappa shape index (κ3) is 1.99. The molecule has 0 fully saturated rings. The number of oxazole rings is 1. The van der Waals surface area contributed by atoms with Crippen molar-refractivity contribution in [2.45, 2.75) is 13.0 Å². The fraction of sp³-hybridized carbons (Fsp3) is 0.625. The summed E-state index contributed by atoms with van der Waals surface area (Å²) in [5, 5.41) is 9.43. The van der Waals surface area contributed by atoms with Crippen LogP contribution in [0.1, 0.15) is 17.6 Å². The van der Waals surface area contributed by atoms with Gasteiger partial charge in [0.1, 0.15) is 6.10 Å². The maximum Gasteiger partial charge on any atom is 0.297 e. The number of nitrogens with two attached hydrogens (primary N) is 1. The number of rotatable bonds is 3. The zero-order valence-corrected chi connectivity index (χ0v) is 8.11. The Morgan fingerprint density at radius 3 is 2.62 bits per heavy atom. The first-order chi connectivity index (χ1) is 6.06. The van der Waals surface area contributed by atoms with E-state index in [-0.39, 0.29) is 6.54 Å². The van der Waals surface area contributed by atoms with Crippen LogP contribution in [0.2, 0.25) is 0 Å². The molecule has 0 amide bonds. The Hall–Kier alpha value is -1.07. The molecule has 0 aliphatic rings. The summed E-state index contributed by atoms with van der Waals surface area (Å²) >= 11 is 0. The van der Waals surface area contributed by atoms with Crippen molar-refractivity contribution < 1.29 is 9.52 Å². The Morgan fingerprint density at radius 1 is 1.62 bits per heavy atom. The summed E-state index contributed by atoms with van der Waals surface area (Å²) in [7, 11) is 3.65. The van der Waals surface area contributed by atoms with Gasteiger partial charge < -0.3 is 20.2 Å². The molecule has 0 radical (unpaired) electrons. The van der Waals surface area contributed by atoms with Gasteiger partial charge in [-0.2, -0.15) is 4.98 Å². The molecule has 0 aromatic carbocycles. The molecular formula is C8H15N3O2. The first-order valence-corrected chi connectivity index (χ1v) is 4.09. The Labute approximate surface area is 77.2 Å². The second-order valence-electron chi connectivity index (χ2n) is 3.09. The maximum atomic E-state index is 9.43. The predicted molar refractivity (Wildman–Crippen MR) is 49.6 cm³/mol. The van der Waals surface area contributed by atoms with E-state index in [1.54, 1.807) is 11.8 Å². The van der Waals surface area contributed by atoms with Crippen molar-refractivity contribution in [1.82, 2.24) is 4.98 Å². The fourth-order valence-corrected chi connectivity index (χ4v) is 1.00. The molecule has 1 rings (SSSR count). The molecular weight excluding hydrogens is 170 g/mol. The molecule has 1 heterocycles. The molecule has 0 saturated heterocycles. The number of nitrogens with zero attached hydrogens (tertiary/aromatic N) is 2. The van der Waals surface area contributed by atoms with Crippen molar-refractivity contribution in [2.75, 3.05) is 25.5 Å². The van der Waals surface area contributed by atoms with Gasteiger partial charge in [0, 0.05) is 20.6 Å². The van der Waals surface area contributed by atoms with Crippen LogP contribution in [0.15, 0.2) is 4.42 Å². The lowest BCUT2D eigenvalue weighted by Gasteiger charge is -2.06. The zero-order chi connectivity index (χ0) is 10.0. The molecule has 74 valence electrons. The van der Waals surface area contributed by atoms with Gasteiger partial charge in [0.05, 0.1) is 5.69 Å². The minimum absolute atomic E-state index is 0.142. The van der Waals surface area contributed by atoms with Gasteiger partial charge >= 0.3 is 0 Å². The molecule has 1 atom stereocenters. The molecule has 0 bridgehead atoms. The minimum Gasteiger partial charge on any atom is -0.425 e. The third-order valence-electron chi connectivity index (χ3n) is 1.73. The van der Waals surface area contributed by atoms with Gasteiger partial charge in [-0.1, -0.05) is 0 Å². The molecule has 0 saturated carbocycles. The smallest absolute Gasteiger partial charge is 0.297 e. The summed E-state index contributed by atoms with van der Waals surface area (Å²) in [6.45, 7) is 1.92. The van der Waals surface area contributed by atoms with Crippen LogP contribution < -0.4 is 10.6 Å². The van der Waals surface area contributed by atoms with Crippen molar-refractivity contribution in [3.63, 3.8) is 0 Å². The molecule has 5 nitrogen and oxygen atoms in total. The van der Waals surface area contributed by atoms with Crippen LogP contribution in [0, 0.1) is 6.92 Å². The van der Waals surface area contributed by atoms with E-state index >= 15 is 0 Å². The van der Waals surface area contributed by atoms with E-state index in [4.69, 9.17) is 10.2 Å². The highest BCUT2D eigenvalue weighted by Gasteiger charge is 2.17. The largest absolute Gasteiger partial charge is 0.425 e. The van der Waals surface area contributed by atoms with E-state index in [0.29, 0.717) is 17.5 Å².